The smallest absolute Gasteiger partial charge is 0.267 e. The lowest BCUT2D eigenvalue weighted by Gasteiger charge is -2.07. The highest BCUT2D eigenvalue weighted by atomic mass is 16.2. The Hall–Kier alpha value is -2.95. The molecule has 0 aliphatic rings. The van der Waals surface area contributed by atoms with Gasteiger partial charge in [-0.25, -0.2) is 14.0 Å². The summed E-state index contributed by atoms with van der Waals surface area (Å²) in [6.07, 6.45) is 17.1. The van der Waals surface area contributed by atoms with Crippen LogP contribution in [-0.2, 0) is 0 Å². The molecule has 4 aromatic rings. The highest BCUT2D eigenvalue weighted by Crippen LogP contribution is 2.25. The fraction of sp³-hybridized carbons (Fsp3) is 0.531. The van der Waals surface area contributed by atoms with Crippen LogP contribution in [0.5, 0.6) is 0 Å². The van der Waals surface area contributed by atoms with E-state index in [0.717, 1.165) is 35.0 Å². The van der Waals surface area contributed by atoms with Gasteiger partial charge in [0.2, 0.25) is 11.7 Å². The second kappa shape index (κ2) is 13.0. The zero-order valence-corrected chi connectivity index (χ0v) is 23.0. The molecule has 0 saturated heterocycles. The Morgan fingerprint density at radius 1 is 0.757 bits per heavy atom. The number of carbonyl (C=O) groups is 1. The Labute approximate surface area is 220 Å². The maximum absolute atomic E-state index is 13.5. The van der Waals surface area contributed by atoms with Gasteiger partial charge in [0, 0.05) is 6.42 Å². The zero-order chi connectivity index (χ0) is 26.2. The Morgan fingerprint density at radius 2 is 1.30 bits per heavy atom. The highest BCUT2D eigenvalue weighted by molar-refractivity contribution is 5.97. The lowest BCUT2D eigenvalue weighted by atomic mass is 10.0. The summed E-state index contributed by atoms with van der Waals surface area (Å²) < 4.78 is 3.29. The zero-order valence-electron chi connectivity index (χ0n) is 23.0. The van der Waals surface area contributed by atoms with Crippen molar-refractivity contribution >= 4 is 33.6 Å². The maximum Gasteiger partial charge on any atom is 0.267 e. The molecular weight excluding hydrogens is 458 g/mol. The van der Waals surface area contributed by atoms with Crippen molar-refractivity contribution < 1.29 is 4.79 Å². The summed E-state index contributed by atoms with van der Waals surface area (Å²) in [5.74, 6) is 0.435. The van der Waals surface area contributed by atoms with Gasteiger partial charge in [-0.05, 0) is 55.7 Å². The molecule has 0 spiro atoms. The van der Waals surface area contributed by atoms with Crippen LogP contribution >= 0.6 is 0 Å². The normalized spacial score (nSPS) is 11.8. The van der Waals surface area contributed by atoms with Crippen molar-refractivity contribution in [2.45, 2.75) is 111 Å². The minimum absolute atomic E-state index is 0.0148. The molecule has 5 heteroatoms. The molecule has 37 heavy (non-hydrogen) atoms. The number of aromatic nitrogens is 3. The Morgan fingerprint density at radius 3 is 1.92 bits per heavy atom. The standard InChI is InChI=1S/C32H43N3O2/c1-4-5-6-7-8-9-10-11-12-13-14-15-16-21-30(36)34-28-22-24(2)25(3)23-29(28)35-31(37)26-19-17-18-20-27(26)33-32(34)35/h17-20,22-23H,4-16,21H2,1-3H3. The van der Waals surface area contributed by atoms with Gasteiger partial charge in [0.1, 0.15) is 0 Å². The fourth-order valence-corrected chi connectivity index (χ4v) is 5.39. The molecule has 0 atom stereocenters. The molecule has 0 aliphatic carbocycles. The third-order valence-corrected chi connectivity index (χ3v) is 7.77. The van der Waals surface area contributed by atoms with Gasteiger partial charge >= 0.3 is 0 Å². The molecule has 0 fully saturated rings. The van der Waals surface area contributed by atoms with E-state index < -0.39 is 0 Å². The van der Waals surface area contributed by atoms with Gasteiger partial charge in [-0.1, -0.05) is 96.1 Å². The number of unbranched alkanes of at least 4 members (excludes halogenated alkanes) is 12. The van der Waals surface area contributed by atoms with Crippen LogP contribution in [0.4, 0.5) is 0 Å². The van der Waals surface area contributed by atoms with E-state index in [1.54, 1.807) is 15.0 Å². The summed E-state index contributed by atoms with van der Waals surface area (Å²) in [4.78, 5) is 31.7. The number of hydrogen-bond acceptors (Lipinski definition) is 3. The molecule has 4 rings (SSSR count). The van der Waals surface area contributed by atoms with E-state index >= 15 is 0 Å². The Balaban J connectivity index is 1.37. The second-order valence-corrected chi connectivity index (χ2v) is 10.7. The van der Waals surface area contributed by atoms with Crippen molar-refractivity contribution in [3.8, 4) is 0 Å². The van der Waals surface area contributed by atoms with Gasteiger partial charge in [0.15, 0.2) is 0 Å². The number of benzene rings is 2. The predicted octanol–water partition coefficient (Wildman–Crippen LogP) is 8.54. The van der Waals surface area contributed by atoms with Crippen LogP contribution in [0.2, 0.25) is 0 Å². The van der Waals surface area contributed by atoms with Gasteiger partial charge < -0.3 is 0 Å². The lowest BCUT2D eigenvalue weighted by molar-refractivity contribution is 0.0908. The summed E-state index contributed by atoms with van der Waals surface area (Å²) in [6, 6.07) is 11.4. The van der Waals surface area contributed by atoms with Gasteiger partial charge in [-0.3, -0.25) is 9.59 Å². The summed E-state index contributed by atoms with van der Waals surface area (Å²) >= 11 is 0. The van der Waals surface area contributed by atoms with Crippen LogP contribution in [0.1, 0.15) is 113 Å². The van der Waals surface area contributed by atoms with Crippen LogP contribution in [0.15, 0.2) is 41.2 Å². The number of nitrogens with zero attached hydrogens (tertiary/aromatic N) is 3. The Kier molecular flexibility index (Phi) is 9.54. The van der Waals surface area contributed by atoms with Crippen LogP contribution in [0, 0.1) is 13.8 Å². The number of rotatable bonds is 14. The van der Waals surface area contributed by atoms with Crippen molar-refractivity contribution in [3.05, 3.63) is 57.9 Å². The first-order chi connectivity index (χ1) is 18.0. The van der Waals surface area contributed by atoms with E-state index in [0.29, 0.717) is 23.1 Å². The minimum atomic E-state index is -0.124. The van der Waals surface area contributed by atoms with Crippen LogP contribution in [0.25, 0.3) is 27.7 Å². The molecule has 0 saturated carbocycles. The molecule has 0 amide bonds. The van der Waals surface area contributed by atoms with E-state index in [1.807, 2.05) is 44.2 Å². The van der Waals surface area contributed by atoms with Crippen molar-refractivity contribution in [2.24, 2.45) is 0 Å². The Bertz CT molecular complexity index is 1410. The molecular formula is C32H43N3O2. The molecule has 0 radical (unpaired) electrons. The van der Waals surface area contributed by atoms with Crippen molar-refractivity contribution in [3.63, 3.8) is 0 Å². The molecule has 198 valence electrons. The number of aryl methyl sites for hydroxylation is 2. The lowest BCUT2D eigenvalue weighted by Crippen LogP contribution is -2.17. The first-order valence-electron chi connectivity index (χ1n) is 14.5. The van der Waals surface area contributed by atoms with E-state index in [-0.39, 0.29) is 11.5 Å². The number of para-hydroxylation sites is 1. The number of hydrogen-bond donors (Lipinski definition) is 0. The average molecular weight is 502 g/mol. The van der Waals surface area contributed by atoms with Crippen LogP contribution < -0.4 is 5.56 Å². The minimum Gasteiger partial charge on any atom is -0.274 e. The van der Waals surface area contributed by atoms with Crippen molar-refractivity contribution in [1.29, 1.82) is 0 Å². The van der Waals surface area contributed by atoms with Crippen molar-refractivity contribution in [2.75, 3.05) is 0 Å². The highest BCUT2D eigenvalue weighted by Gasteiger charge is 2.20. The van der Waals surface area contributed by atoms with E-state index in [9.17, 15) is 9.59 Å². The SMILES string of the molecule is CCCCCCCCCCCCCCCC(=O)n1c2cc(C)c(C)cc2n2c(=O)c3ccccc3nc12. The molecule has 0 aliphatic heterocycles. The summed E-state index contributed by atoms with van der Waals surface area (Å²) in [5.41, 5.74) is 4.21. The van der Waals surface area contributed by atoms with E-state index in [1.165, 1.54) is 70.6 Å². The summed E-state index contributed by atoms with van der Waals surface area (Å²) in [5, 5.41) is 0.571. The molecule has 0 N–H and O–H groups in total. The van der Waals surface area contributed by atoms with Gasteiger partial charge in [0.25, 0.3) is 5.56 Å². The van der Waals surface area contributed by atoms with Gasteiger partial charge in [-0.15, -0.1) is 0 Å². The van der Waals surface area contributed by atoms with Crippen LogP contribution in [-0.4, -0.2) is 19.9 Å². The molecule has 2 aromatic heterocycles. The molecule has 2 heterocycles. The predicted molar refractivity (Wildman–Crippen MR) is 155 cm³/mol. The first-order valence-corrected chi connectivity index (χ1v) is 14.5. The third kappa shape index (κ3) is 6.31. The topological polar surface area (TPSA) is 56.4 Å². The second-order valence-electron chi connectivity index (χ2n) is 10.7. The first kappa shape index (κ1) is 27.1. The number of imidazole rings is 1. The van der Waals surface area contributed by atoms with Crippen LogP contribution in [0.3, 0.4) is 0 Å². The summed E-state index contributed by atoms with van der Waals surface area (Å²) in [7, 11) is 0. The molecule has 0 bridgehead atoms. The molecule has 5 nitrogen and oxygen atoms in total. The monoisotopic (exact) mass is 501 g/mol. The summed E-state index contributed by atoms with van der Waals surface area (Å²) in [6.45, 7) is 6.34. The maximum atomic E-state index is 13.5. The number of carbonyl (C=O) groups excluding carboxylic acids is 1. The van der Waals surface area contributed by atoms with Gasteiger partial charge in [0.05, 0.1) is 21.9 Å². The molecule has 0 unspecified atom stereocenters. The quantitative estimate of drug-likeness (QED) is 0.163. The van der Waals surface area contributed by atoms with Gasteiger partial charge in [-0.2, -0.15) is 0 Å². The van der Waals surface area contributed by atoms with E-state index in [4.69, 9.17) is 4.98 Å². The molecule has 2 aromatic carbocycles. The third-order valence-electron chi connectivity index (χ3n) is 7.77. The number of fused-ring (bicyclic) bond motifs is 4. The van der Waals surface area contributed by atoms with E-state index in [2.05, 4.69) is 6.92 Å². The largest absolute Gasteiger partial charge is 0.274 e. The average Bonchev–Trinajstić information content (AvgIpc) is 3.20. The fourth-order valence-electron chi connectivity index (χ4n) is 5.39. The van der Waals surface area contributed by atoms with Crippen molar-refractivity contribution in [1.82, 2.24) is 14.0 Å².